The number of hydrogen-bond acceptors (Lipinski definition) is 6. The highest BCUT2D eigenvalue weighted by atomic mass is 16.5. The van der Waals surface area contributed by atoms with Crippen LogP contribution in [0, 0.1) is 0 Å². The molecule has 8 heteroatoms. The second-order valence-electron chi connectivity index (χ2n) is 10.6. The molecule has 0 aliphatic carbocycles. The van der Waals surface area contributed by atoms with Crippen molar-refractivity contribution in [2.24, 2.45) is 0 Å². The van der Waals surface area contributed by atoms with Crippen LogP contribution in [0.3, 0.4) is 0 Å². The highest BCUT2D eigenvalue weighted by Crippen LogP contribution is 2.33. The van der Waals surface area contributed by atoms with Crippen molar-refractivity contribution in [3.63, 3.8) is 0 Å². The minimum atomic E-state index is -0.921. The number of carbonyl (C=O) groups is 1. The first kappa shape index (κ1) is 30.2. The zero-order chi connectivity index (χ0) is 30.0. The van der Waals surface area contributed by atoms with Gasteiger partial charge in [0.05, 0.1) is 53.3 Å². The molecule has 0 radical (unpaired) electrons. The normalized spacial score (nSPS) is 16.7. The van der Waals surface area contributed by atoms with Gasteiger partial charge in [0, 0.05) is 29.8 Å². The maximum atomic E-state index is 11.8. The molecule has 1 fully saturated rings. The Hall–Kier alpha value is -4.27. The molecule has 1 amide bonds. The topological polar surface area (TPSA) is 86.7 Å². The number of fused-ring (bicyclic) bond motifs is 1. The predicted octanol–water partition coefficient (Wildman–Crippen LogP) is 6.90. The number of benzene rings is 4. The van der Waals surface area contributed by atoms with Gasteiger partial charge in [-0.2, -0.15) is 0 Å². The van der Waals surface area contributed by atoms with Crippen LogP contribution in [0.15, 0.2) is 84.9 Å². The maximum Gasteiger partial charge on any atom is 0.407 e. The van der Waals surface area contributed by atoms with Gasteiger partial charge in [0.2, 0.25) is 0 Å². The van der Waals surface area contributed by atoms with Crippen molar-refractivity contribution in [2.75, 3.05) is 40.5 Å². The number of hydrogen-bond donors (Lipinski definition) is 1. The molecule has 4 aromatic rings. The summed E-state index contributed by atoms with van der Waals surface area (Å²) in [6.45, 7) is 2.77. The standard InChI is InChI=1S/C35H39NO7/c1-39-32-11-6-4-9-28(32)24-41-18-7-19-42-29-14-12-26(13-15-29)31-16-17-36(35(37)38)22-34(31)43-23-25-20-27-8-3-5-10-30(27)33(21-25)40-2/h3-6,8-15,20-21,31,34H,7,16-19,22-24H2,1-2H3,(H,37,38). The predicted molar refractivity (Wildman–Crippen MR) is 165 cm³/mol. The summed E-state index contributed by atoms with van der Waals surface area (Å²) in [5.74, 6) is 2.48. The van der Waals surface area contributed by atoms with E-state index in [1.807, 2.05) is 60.7 Å². The van der Waals surface area contributed by atoms with E-state index >= 15 is 0 Å². The minimum Gasteiger partial charge on any atom is -0.496 e. The molecule has 226 valence electrons. The lowest BCUT2D eigenvalue weighted by atomic mass is 9.87. The molecular weight excluding hydrogens is 546 g/mol. The summed E-state index contributed by atoms with van der Waals surface area (Å²) >= 11 is 0. The molecule has 43 heavy (non-hydrogen) atoms. The van der Waals surface area contributed by atoms with E-state index in [4.69, 9.17) is 23.7 Å². The Kier molecular flexibility index (Phi) is 10.4. The van der Waals surface area contributed by atoms with Crippen LogP contribution in [0.25, 0.3) is 10.8 Å². The van der Waals surface area contributed by atoms with Crippen LogP contribution in [0.1, 0.15) is 35.4 Å². The number of ether oxygens (including phenoxy) is 5. The third-order valence-corrected chi connectivity index (χ3v) is 7.86. The quantitative estimate of drug-likeness (QED) is 0.171. The van der Waals surface area contributed by atoms with Crippen molar-refractivity contribution in [3.05, 3.63) is 102 Å². The van der Waals surface area contributed by atoms with E-state index in [1.54, 1.807) is 14.2 Å². The summed E-state index contributed by atoms with van der Waals surface area (Å²) in [5.41, 5.74) is 3.12. The van der Waals surface area contributed by atoms with Gasteiger partial charge in [0.15, 0.2) is 0 Å². The lowest BCUT2D eigenvalue weighted by molar-refractivity contribution is -0.0199. The van der Waals surface area contributed by atoms with Gasteiger partial charge in [0.25, 0.3) is 0 Å². The van der Waals surface area contributed by atoms with Crippen molar-refractivity contribution in [2.45, 2.75) is 38.1 Å². The second-order valence-corrected chi connectivity index (χ2v) is 10.6. The molecule has 1 saturated heterocycles. The second kappa shape index (κ2) is 14.8. The van der Waals surface area contributed by atoms with E-state index in [9.17, 15) is 9.90 Å². The fourth-order valence-corrected chi connectivity index (χ4v) is 5.60. The number of para-hydroxylation sites is 1. The summed E-state index contributed by atoms with van der Waals surface area (Å²) in [4.78, 5) is 13.2. The van der Waals surface area contributed by atoms with Crippen molar-refractivity contribution in [1.82, 2.24) is 4.90 Å². The number of piperidine rings is 1. The smallest absolute Gasteiger partial charge is 0.407 e. The molecular formula is C35H39NO7. The van der Waals surface area contributed by atoms with E-state index in [2.05, 4.69) is 24.3 Å². The Bertz CT molecular complexity index is 1490. The molecule has 0 spiro atoms. The molecule has 0 bridgehead atoms. The van der Waals surface area contributed by atoms with Gasteiger partial charge in [-0.15, -0.1) is 0 Å². The summed E-state index contributed by atoms with van der Waals surface area (Å²) < 4.78 is 29.2. The average Bonchev–Trinajstić information content (AvgIpc) is 3.05. The van der Waals surface area contributed by atoms with Gasteiger partial charge in [-0.1, -0.05) is 54.6 Å². The molecule has 1 aliphatic heterocycles. The first-order valence-corrected chi connectivity index (χ1v) is 14.6. The fraction of sp³-hybridized carbons (Fsp3) is 0.343. The molecule has 2 unspecified atom stereocenters. The highest BCUT2D eigenvalue weighted by Gasteiger charge is 2.33. The largest absolute Gasteiger partial charge is 0.496 e. The van der Waals surface area contributed by atoms with Crippen molar-refractivity contribution in [3.8, 4) is 17.2 Å². The molecule has 4 aromatic carbocycles. The molecule has 1 aliphatic rings. The van der Waals surface area contributed by atoms with Gasteiger partial charge < -0.3 is 33.7 Å². The Labute approximate surface area is 252 Å². The van der Waals surface area contributed by atoms with Gasteiger partial charge in [0.1, 0.15) is 17.2 Å². The molecule has 0 aromatic heterocycles. The summed E-state index contributed by atoms with van der Waals surface area (Å²) in [5, 5.41) is 11.8. The van der Waals surface area contributed by atoms with Crippen LogP contribution >= 0.6 is 0 Å². The fourth-order valence-electron chi connectivity index (χ4n) is 5.60. The zero-order valence-corrected chi connectivity index (χ0v) is 24.7. The zero-order valence-electron chi connectivity index (χ0n) is 24.7. The Balaban J connectivity index is 1.16. The maximum absolute atomic E-state index is 11.8. The van der Waals surface area contributed by atoms with E-state index in [1.165, 1.54) is 4.90 Å². The average molecular weight is 586 g/mol. The monoisotopic (exact) mass is 585 g/mol. The SMILES string of the molecule is COc1ccccc1COCCCOc1ccc(C2CCN(C(=O)O)CC2OCc2cc(OC)c3ccccc3c2)cc1. The Morgan fingerprint density at radius 1 is 0.884 bits per heavy atom. The number of rotatable bonds is 13. The lowest BCUT2D eigenvalue weighted by Crippen LogP contribution is -2.46. The van der Waals surface area contributed by atoms with E-state index in [0.29, 0.717) is 45.9 Å². The molecule has 1 heterocycles. The lowest BCUT2D eigenvalue weighted by Gasteiger charge is -2.37. The molecule has 2 atom stereocenters. The Morgan fingerprint density at radius 2 is 1.65 bits per heavy atom. The molecule has 0 saturated carbocycles. The number of amides is 1. The summed E-state index contributed by atoms with van der Waals surface area (Å²) in [6.07, 6.45) is 0.242. The van der Waals surface area contributed by atoms with Crippen LogP contribution in [-0.2, 0) is 22.7 Å². The number of nitrogens with zero attached hydrogens (tertiary/aromatic N) is 1. The van der Waals surface area contributed by atoms with Crippen LogP contribution in [0.5, 0.6) is 17.2 Å². The number of carboxylic acid groups (broad SMARTS) is 1. The van der Waals surface area contributed by atoms with Crippen LogP contribution < -0.4 is 14.2 Å². The first-order valence-electron chi connectivity index (χ1n) is 14.6. The van der Waals surface area contributed by atoms with E-state index in [0.717, 1.165) is 51.1 Å². The molecule has 5 rings (SSSR count). The van der Waals surface area contributed by atoms with Crippen LogP contribution in [-0.4, -0.2) is 62.7 Å². The van der Waals surface area contributed by atoms with Gasteiger partial charge in [-0.3, -0.25) is 0 Å². The van der Waals surface area contributed by atoms with Gasteiger partial charge >= 0.3 is 6.09 Å². The first-order chi connectivity index (χ1) is 21.1. The van der Waals surface area contributed by atoms with E-state index < -0.39 is 6.09 Å². The third kappa shape index (κ3) is 7.77. The third-order valence-electron chi connectivity index (χ3n) is 7.86. The van der Waals surface area contributed by atoms with Gasteiger partial charge in [-0.25, -0.2) is 4.79 Å². The highest BCUT2D eigenvalue weighted by molar-refractivity contribution is 5.89. The van der Waals surface area contributed by atoms with E-state index in [-0.39, 0.29) is 12.0 Å². The number of likely N-dealkylation sites (tertiary alicyclic amines) is 1. The van der Waals surface area contributed by atoms with Crippen molar-refractivity contribution >= 4 is 16.9 Å². The minimum absolute atomic E-state index is 0.0652. The molecule has 8 nitrogen and oxygen atoms in total. The van der Waals surface area contributed by atoms with Crippen LogP contribution in [0.4, 0.5) is 4.79 Å². The van der Waals surface area contributed by atoms with Crippen LogP contribution in [0.2, 0.25) is 0 Å². The number of methoxy groups -OCH3 is 2. The summed E-state index contributed by atoms with van der Waals surface area (Å²) in [6, 6.07) is 28.1. The Morgan fingerprint density at radius 3 is 2.44 bits per heavy atom. The van der Waals surface area contributed by atoms with Gasteiger partial charge in [-0.05, 0) is 53.3 Å². The van der Waals surface area contributed by atoms with Crippen molar-refractivity contribution < 1.29 is 33.6 Å². The van der Waals surface area contributed by atoms with Crippen molar-refractivity contribution in [1.29, 1.82) is 0 Å². The summed E-state index contributed by atoms with van der Waals surface area (Å²) in [7, 11) is 3.33. The molecule has 1 N–H and O–H groups in total.